The molecule has 0 amide bonds. The van der Waals surface area contributed by atoms with Gasteiger partial charge >= 0.3 is 0 Å². The fourth-order valence-corrected chi connectivity index (χ4v) is 2.59. The molecule has 2 aromatic heterocycles. The maximum atomic E-state index is 6.27. The van der Waals surface area contributed by atoms with Gasteiger partial charge < -0.3 is 5.32 Å². The third-order valence-corrected chi connectivity index (χ3v) is 4.06. The number of likely N-dealkylation sites (N-methyl/N-ethyl adjacent to an activating group) is 1. The van der Waals surface area contributed by atoms with Gasteiger partial charge in [0.2, 0.25) is 0 Å². The third kappa shape index (κ3) is 4.05. The second kappa shape index (κ2) is 7.57. The zero-order valence-corrected chi connectivity index (χ0v) is 13.6. The van der Waals surface area contributed by atoms with E-state index in [1.165, 1.54) is 0 Å². The number of nitrogens with zero attached hydrogens (tertiary/aromatic N) is 3. The number of hydrogen-bond acceptors (Lipinski definition) is 3. The Labute approximate surface area is 131 Å². The Morgan fingerprint density at radius 3 is 2.81 bits per heavy atom. The van der Waals surface area contributed by atoms with Gasteiger partial charge in [-0.1, -0.05) is 25.4 Å². The lowest BCUT2D eigenvalue weighted by Crippen LogP contribution is -2.23. The van der Waals surface area contributed by atoms with Crippen LogP contribution in [0.3, 0.4) is 0 Å². The SMILES string of the molecule is CCNC(Cc1ccn(C(C)CC)n1)c1ccncc1Cl. The Hall–Kier alpha value is -1.39. The molecule has 0 spiro atoms. The molecule has 2 heterocycles. The average Bonchev–Trinajstić information content (AvgIpc) is 2.95. The summed E-state index contributed by atoms with van der Waals surface area (Å²) in [6.07, 6.45) is 7.43. The summed E-state index contributed by atoms with van der Waals surface area (Å²) in [5.74, 6) is 0. The Morgan fingerprint density at radius 2 is 2.14 bits per heavy atom. The molecule has 2 atom stereocenters. The maximum Gasteiger partial charge on any atom is 0.0643 e. The highest BCUT2D eigenvalue weighted by atomic mass is 35.5. The van der Waals surface area contributed by atoms with Gasteiger partial charge in [-0.2, -0.15) is 5.10 Å². The minimum atomic E-state index is 0.158. The van der Waals surface area contributed by atoms with Crippen LogP contribution in [0.4, 0.5) is 0 Å². The Kier molecular flexibility index (Phi) is 5.76. The molecule has 2 aromatic rings. The minimum Gasteiger partial charge on any atom is -0.310 e. The smallest absolute Gasteiger partial charge is 0.0643 e. The average molecular weight is 307 g/mol. The summed E-state index contributed by atoms with van der Waals surface area (Å²) in [6.45, 7) is 7.33. The van der Waals surface area contributed by atoms with Gasteiger partial charge in [0.15, 0.2) is 0 Å². The van der Waals surface area contributed by atoms with E-state index in [1.54, 1.807) is 12.4 Å². The molecule has 5 heteroatoms. The van der Waals surface area contributed by atoms with Gasteiger partial charge in [-0.25, -0.2) is 0 Å². The molecule has 0 fully saturated rings. The summed E-state index contributed by atoms with van der Waals surface area (Å²) in [4.78, 5) is 4.05. The number of hydrogen-bond donors (Lipinski definition) is 1. The van der Waals surface area contributed by atoms with Crippen molar-refractivity contribution in [2.45, 2.75) is 45.7 Å². The largest absolute Gasteiger partial charge is 0.310 e. The van der Waals surface area contributed by atoms with E-state index in [-0.39, 0.29) is 6.04 Å². The van der Waals surface area contributed by atoms with E-state index in [4.69, 9.17) is 11.6 Å². The monoisotopic (exact) mass is 306 g/mol. The highest BCUT2D eigenvalue weighted by molar-refractivity contribution is 6.31. The minimum absolute atomic E-state index is 0.158. The van der Waals surface area contributed by atoms with Crippen molar-refractivity contribution in [2.75, 3.05) is 6.54 Å². The summed E-state index contributed by atoms with van der Waals surface area (Å²) < 4.78 is 2.03. The quantitative estimate of drug-likeness (QED) is 0.846. The van der Waals surface area contributed by atoms with Crippen molar-refractivity contribution in [2.24, 2.45) is 0 Å². The molecule has 21 heavy (non-hydrogen) atoms. The summed E-state index contributed by atoms with van der Waals surface area (Å²) in [5.41, 5.74) is 2.15. The summed E-state index contributed by atoms with van der Waals surface area (Å²) in [5, 5.41) is 8.85. The number of halogens is 1. The van der Waals surface area contributed by atoms with E-state index in [9.17, 15) is 0 Å². The topological polar surface area (TPSA) is 42.7 Å². The van der Waals surface area contributed by atoms with E-state index in [1.807, 2.05) is 10.7 Å². The van der Waals surface area contributed by atoms with Crippen molar-refractivity contribution in [1.29, 1.82) is 0 Å². The molecule has 0 radical (unpaired) electrons. The zero-order valence-electron chi connectivity index (χ0n) is 12.9. The van der Waals surface area contributed by atoms with Gasteiger partial charge in [-0.05, 0) is 37.6 Å². The molecule has 2 unspecified atom stereocenters. The molecule has 0 bridgehead atoms. The summed E-state index contributed by atoms with van der Waals surface area (Å²) in [7, 11) is 0. The molecule has 4 nitrogen and oxygen atoms in total. The van der Waals surface area contributed by atoms with E-state index < -0.39 is 0 Å². The Morgan fingerprint density at radius 1 is 1.33 bits per heavy atom. The van der Waals surface area contributed by atoms with Crippen molar-refractivity contribution in [3.63, 3.8) is 0 Å². The lowest BCUT2D eigenvalue weighted by molar-refractivity contribution is 0.467. The molecule has 0 aliphatic heterocycles. The van der Waals surface area contributed by atoms with E-state index in [0.29, 0.717) is 11.1 Å². The van der Waals surface area contributed by atoms with Crippen LogP contribution in [0.1, 0.15) is 50.5 Å². The van der Waals surface area contributed by atoms with Gasteiger partial charge in [0.05, 0.1) is 10.7 Å². The zero-order chi connectivity index (χ0) is 15.2. The summed E-state index contributed by atoms with van der Waals surface area (Å²) >= 11 is 6.27. The lowest BCUT2D eigenvalue weighted by atomic mass is 10.0. The van der Waals surface area contributed by atoms with Crippen molar-refractivity contribution in [1.82, 2.24) is 20.1 Å². The van der Waals surface area contributed by atoms with Crippen LogP contribution in [-0.4, -0.2) is 21.3 Å². The molecule has 0 aliphatic rings. The van der Waals surface area contributed by atoms with Gasteiger partial charge in [-0.15, -0.1) is 0 Å². The second-order valence-corrected chi connectivity index (χ2v) is 5.66. The van der Waals surface area contributed by atoms with Crippen LogP contribution in [0.5, 0.6) is 0 Å². The van der Waals surface area contributed by atoms with Crippen LogP contribution in [0.25, 0.3) is 0 Å². The first-order chi connectivity index (χ1) is 10.2. The predicted molar refractivity (Wildman–Crippen MR) is 86.6 cm³/mol. The third-order valence-electron chi connectivity index (χ3n) is 3.75. The molecule has 0 aliphatic carbocycles. The molecule has 0 saturated heterocycles. The second-order valence-electron chi connectivity index (χ2n) is 5.26. The first-order valence-electron chi connectivity index (χ1n) is 7.52. The van der Waals surface area contributed by atoms with Gasteiger partial charge in [-0.3, -0.25) is 9.67 Å². The lowest BCUT2D eigenvalue weighted by Gasteiger charge is -2.18. The molecule has 0 saturated carbocycles. The molecular weight excluding hydrogens is 284 g/mol. The van der Waals surface area contributed by atoms with E-state index in [2.05, 4.69) is 48.4 Å². The van der Waals surface area contributed by atoms with E-state index >= 15 is 0 Å². The van der Waals surface area contributed by atoms with Crippen LogP contribution >= 0.6 is 11.6 Å². The highest BCUT2D eigenvalue weighted by Gasteiger charge is 2.16. The number of rotatable bonds is 7. The van der Waals surface area contributed by atoms with Crippen molar-refractivity contribution in [3.05, 3.63) is 47.0 Å². The first kappa shape index (κ1) is 16.0. The van der Waals surface area contributed by atoms with Gasteiger partial charge in [0.25, 0.3) is 0 Å². The first-order valence-corrected chi connectivity index (χ1v) is 7.90. The molecular formula is C16H23ClN4. The van der Waals surface area contributed by atoms with Crippen LogP contribution in [0.15, 0.2) is 30.7 Å². The highest BCUT2D eigenvalue weighted by Crippen LogP contribution is 2.24. The van der Waals surface area contributed by atoms with Crippen LogP contribution in [-0.2, 0) is 6.42 Å². The number of pyridine rings is 1. The van der Waals surface area contributed by atoms with Gasteiger partial charge in [0, 0.05) is 37.1 Å². The molecule has 1 N–H and O–H groups in total. The van der Waals surface area contributed by atoms with Crippen LogP contribution in [0.2, 0.25) is 5.02 Å². The van der Waals surface area contributed by atoms with Crippen molar-refractivity contribution < 1.29 is 0 Å². The van der Waals surface area contributed by atoms with Gasteiger partial charge in [0.1, 0.15) is 0 Å². The van der Waals surface area contributed by atoms with Crippen LogP contribution in [0, 0.1) is 0 Å². The fourth-order valence-electron chi connectivity index (χ4n) is 2.33. The molecule has 114 valence electrons. The van der Waals surface area contributed by atoms with Crippen molar-refractivity contribution >= 4 is 11.6 Å². The van der Waals surface area contributed by atoms with Crippen molar-refractivity contribution in [3.8, 4) is 0 Å². The van der Waals surface area contributed by atoms with Crippen LogP contribution < -0.4 is 5.32 Å². The van der Waals surface area contributed by atoms with E-state index in [0.717, 1.165) is 30.6 Å². The fraction of sp³-hybridized carbons (Fsp3) is 0.500. The Bertz CT molecular complexity index is 567. The predicted octanol–water partition coefficient (Wildman–Crippen LogP) is 3.80. The normalized spacial score (nSPS) is 14.1. The standard InChI is InChI=1S/C16H23ClN4/c1-4-12(3)21-9-7-13(20-21)10-16(19-5-2)14-6-8-18-11-15(14)17/h6-9,11-12,16,19H,4-5,10H2,1-3H3. The maximum absolute atomic E-state index is 6.27. The molecule has 2 rings (SSSR count). The molecule has 0 aromatic carbocycles. The number of aromatic nitrogens is 3. The Balaban J connectivity index is 2.17. The number of nitrogens with one attached hydrogen (secondary N) is 1. The summed E-state index contributed by atoms with van der Waals surface area (Å²) in [6, 6.07) is 4.65.